The third-order valence-electron chi connectivity index (χ3n) is 4.01. The SMILES string of the molecule is COc1cc(/C=N\NC(=O)COc2ccc(Cl)c(C)c2)ccc1OC(=O)c1ccco1. The van der Waals surface area contributed by atoms with Gasteiger partial charge in [-0.2, -0.15) is 5.10 Å². The number of nitrogens with zero attached hydrogens (tertiary/aromatic N) is 1. The van der Waals surface area contributed by atoms with Crippen molar-refractivity contribution in [1.82, 2.24) is 5.43 Å². The molecular formula is C22H19ClN2O6. The van der Waals surface area contributed by atoms with Crippen LogP contribution in [0.1, 0.15) is 21.7 Å². The van der Waals surface area contributed by atoms with Gasteiger partial charge in [-0.15, -0.1) is 0 Å². The number of nitrogens with one attached hydrogen (secondary N) is 1. The number of methoxy groups -OCH3 is 1. The molecule has 0 saturated heterocycles. The molecule has 0 atom stereocenters. The zero-order chi connectivity index (χ0) is 22.2. The summed E-state index contributed by atoms with van der Waals surface area (Å²) in [5.74, 6) is 0.0675. The predicted octanol–water partition coefficient (Wildman–Crippen LogP) is 4.00. The summed E-state index contributed by atoms with van der Waals surface area (Å²) in [6.45, 7) is 1.64. The molecule has 0 bridgehead atoms. The highest BCUT2D eigenvalue weighted by Crippen LogP contribution is 2.28. The first-order valence-electron chi connectivity index (χ1n) is 9.11. The summed E-state index contributed by atoms with van der Waals surface area (Å²) in [4.78, 5) is 23.9. The molecule has 0 saturated carbocycles. The Morgan fingerprint density at radius 3 is 2.71 bits per heavy atom. The van der Waals surface area contributed by atoms with Crippen LogP contribution in [-0.2, 0) is 4.79 Å². The number of furan rings is 1. The van der Waals surface area contributed by atoms with Gasteiger partial charge in [0.05, 0.1) is 19.6 Å². The molecule has 9 heteroatoms. The number of hydrazone groups is 1. The Balaban J connectivity index is 1.54. The highest BCUT2D eigenvalue weighted by atomic mass is 35.5. The van der Waals surface area contributed by atoms with Crippen LogP contribution in [0.4, 0.5) is 0 Å². The van der Waals surface area contributed by atoms with E-state index in [0.717, 1.165) is 5.56 Å². The van der Waals surface area contributed by atoms with E-state index >= 15 is 0 Å². The summed E-state index contributed by atoms with van der Waals surface area (Å²) in [5, 5.41) is 4.51. The minimum atomic E-state index is -0.645. The molecule has 0 fully saturated rings. The zero-order valence-corrected chi connectivity index (χ0v) is 17.5. The molecule has 8 nitrogen and oxygen atoms in total. The quantitative estimate of drug-likeness (QED) is 0.245. The van der Waals surface area contributed by atoms with Crippen LogP contribution in [0, 0.1) is 6.92 Å². The van der Waals surface area contributed by atoms with E-state index < -0.39 is 11.9 Å². The van der Waals surface area contributed by atoms with E-state index in [-0.39, 0.29) is 18.1 Å². The van der Waals surface area contributed by atoms with Gasteiger partial charge in [0, 0.05) is 5.02 Å². The van der Waals surface area contributed by atoms with Crippen LogP contribution >= 0.6 is 11.6 Å². The maximum atomic E-state index is 12.0. The van der Waals surface area contributed by atoms with Gasteiger partial charge in [0.1, 0.15) is 5.75 Å². The van der Waals surface area contributed by atoms with Crippen molar-refractivity contribution in [3.8, 4) is 17.2 Å². The fourth-order valence-corrected chi connectivity index (χ4v) is 2.58. The Kier molecular flexibility index (Phi) is 7.29. The lowest BCUT2D eigenvalue weighted by atomic mass is 10.2. The molecule has 0 radical (unpaired) electrons. The first-order chi connectivity index (χ1) is 15.0. The molecular weight excluding hydrogens is 424 g/mol. The van der Waals surface area contributed by atoms with Crippen LogP contribution in [0.15, 0.2) is 64.3 Å². The van der Waals surface area contributed by atoms with Gasteiger partial charge in [0.15, 0.2) is 18.1 Å². The molecule has 0 aliphatic rings. The maximum Gasteiger partial charge on any atom is 0.379 e. The predicted molar refractivity (Wildman–Crippen MR) is 114 cm³/mol. The minimum absolute atomic E-state index is 0.0754. The monoisotopic (exact) mass is 442 g/mol. The van der Waals surface area contributed by atoms with E-state index in [2.05, 4.69) is 10.5 Å². The van der Waals surface area contributed by atoms with Crippen LogP contribution in [0.25, 0.3) is 0 Å². The average Bonchev–Trinajstić information content (AvgIpc) is 3.30. The van der Waals surface area contributed by atoms with Gasteiger partial charge in [-0.3, -0.25) is 4.79 Å². The lowest BCUT2D eigenvalue weighted by Gasteiger charge is -2.09. The van der Waals surface area contributed by atoms with Gasteiger partial charge >= 0.3 is 5.97 Å². The standard InChI is InChI=1S/C22H19ClN2O6/c1-14-10-16(6-7-17(14)23)30-13-21(26)25-24-12-15-5-8-18(20(11-15)28-2)31-22(27)19-4-3-9-29-19/h3-12H,13H2,1-2H3,(H,25,26)/b24-12-. The molecule has 0 unspecified atom stereocenters. The van der Waals surface area contributed by atoms with Crippen molar-refractivity contribution in [2.45, 2.75) is 6.92 Å². The number of carbonyl (C=O) groups is 2. The number of esters is 1. The van der Waals surface area contributed by atoms with E-state index in [9.17, 15) is 9.59 Å². The summed E-state index contributed by atoms with van der Waals surface area (Å²) >= 11 is 5.96. The van der Waals surface area contributed by atoms with Crippen LogP contribution in [-0.4, -0.2) is 31.8 Å². The molecule has 3 rings (SSSR count). The fraction of sp³-hybridized carbons (Fsp3) is 0.136. The van der Waals surface area contributed by atoms with Crippen molar-refractivity contribution in [1.29, 1.82) is 0 Å². The highest BCUT2D eigenvalue weighted by molar-refractivity contribution is 6.31. The maximum absolute atomic E-state index is 12.0. The van der Waals surface area contributed by atoms with Crippen LogP contribution < -0.4 is 19.6 Å². The number of rotatable bonds is 8. The Bertz CT molecular complexity index is 1100. The first-order valence-corrected chi connectivity index (χ1v) is 9.48. The van der Waals surface area contributed by atoms with Crippen LogP contribution in [0.5, 0.6) is 17.2 Å². The molecule has 2 aromatic carbocycles. The molecule has 0 aliphatic carbocycles. The van der Waals surface area contributed by atoms with Crippen molar-refractivity contribution in [2.24, 2.45) is 5.10 Å². The smallest absolute Gasteiger partial charge is 0.379 e. The topological polar surface area (TPSA) is 99.4 Å². The second-order valence-corrected chi connectivity index (χ2v) is 6.68. The molecule has 1 aromatic heterocycles. The van der Waals surface area contributed by atoms with Gasteiger partial charge in [-0.1, -0.05) is 11.6 Å². The summed E-state index contributed by atoms with van der Waals surface area (Å²) < 4.78 is 20.9. The molecule has 1 heterocycles. The number of aryl methyl sites for hydroxylation is 1. The average molecular weight is 443 g/mol. The van der Waals surface area contributed by atoms with E-state index in [1.54, 1.807) is 42.5 Å². The molecule has 31 heavy (non-hydrogen) atoms. The Hall–Kier alpha value is -3.78. The summed E-state index contributed by atoms with van der Waals surface area (Å²) in [6.07, 6.45) is 2.80. The van der Waals surface area contributed by atoms with E-state index in [1.165, 1.54) is 25.7 Å². The van der Waals surface area contributed by atoms with E-state index in [1.807, 2.05) is 6.92 Å². The van der Waals surface area contributed by atoms with E-state index in [0.29, 0.717) is 22.1 Å². The molecule has 1 amide bonds. The van der Waals surface area contributed by atoms with Crippen molar-refractivity contribution in [3.05, 3.63) is 76.7 Å². The fourth-order valence-electron chi connectivity index (χ4n) is 2.46. The normalized spacial score (nSPS) is 10.7. The van der Waals surface area contributed by atoms with Crippen LogP contribution in [0.3, 0.4) is 0 Å². The third kappa shape index (κ3) is 6.10. The van der Waals surface area contributed by atoms with Gasteiger partial charge in [-0.05, 0) is 66.6 Å². The molecule has 0 aliphatic heterocycles. The Labute approximate surface area is 183 Å². The van der Waals surface area contributed by atoms with Gasteiger partial charge in [0.25, 0.3) is 5.91 Å². The second kappa shape index (κ2) is 10.3. The van der Waals surface area contributed by atoms with Crippen molar-refractivity contribution >= 4 is 29.7 Å². The number of amides is 1. The molecule has 3 aromatic rings. The lowest BCUT2D eigenvalue weighted by Crippen LogP contribution is -2.24. The highest BCUT2D eigenvalue weighted by Gasteiger charge is 2.15. The molecule has 1 N–H and O–H groups in total. The minimum Gasteiger partial charge on any atom is -0.493 e. The van der Waals surface area contributed by atoms with E-state index in [4.69, 9.17) is 30.2 Å². The molecule has 0 spiro atoms. The number of halogens is 1. The number of carbonyl (C=O) groups excluding carboxylic acids is 2. The summed E-state index contributed by atoms with van der Waals surface area (Å²) in [7, 11) is 1.44. The third-order valence-corrected chi connectivity index (χ3v) is 4.44. The number of ether oxygens (including phenoxy) is 3. The lowest BCUT2D eigenvalue weighted by molar-refractivity contribution is -0.123. The summed E-state index contributed by atoms with van der Waals surface area (Å²) in [6, 6.07) is 13.0. The van der Waals surface area contributed by atoms with Crippen molar-refractivity contribution in [3.63, 3.8) is 0 Å². The largest absolute Gasteiger partial charge is 0.493 e. The van der Waals surface area contributed by atoms with Gasteiger partial charge < -0.3 is 18.6 Å². The van der Waals surface area contributed by atoms with Crippen LogP contribution in [0.2, 0.25) is 5.02 Å². The number of hydrogen-bond acceptors (Lipinski definition) is 7. The second-order valence-electron chi connectivity index (χ2n) is 6.27. The zero-order valence-electron chi connectivity index (χ0n) is 16.8. The van der Waals surface area contributed by atoms with Gasteiger partial charge in [0.2, 0.25) is 5.76 Å². The molecule has 160 valence electrons. The van der Waals surface area contributed by atoms with Crippen molar-refractivity contribution in [2.75, 3.05) is 13.7 Å². The number of benzene rings is 2. The number of hydrogen-bond donors (Lipinski definition) is 1. The van der Waals surface area contributed by atoms with Gasteiger partial charge in [-0.25, -0.2) is 10.2 Å². The Morgan fingerprint density at radius 2 is 2.00 bits per heavy atom. The Morgan fingerprint density at radius 1 is 1.16 bits per heavy atom. The summed E-state index contributed by atoms with van der Waals surface area (Å²) in [5.41, 5.74) is 3.84. The van der Waals surface area contributed by atoms with Crippen molar-refractivity contribution < 1.29 is 28.2 Å². The first kappa shape index (κ1) is 21.9.